The molecule has 1 nitrogen and oxygen atoms in total. The normalized spacial score (nSPS) is 10.0. The molecule has 0 aliphatic carbocycles. The van der Waals surface area contributed by atoms with Crippen LogP contribution < -0.4 is 0 Å². The van der Waals surface area contributed by atoms with E-state index in [0.717, 1.165) is 11.1 Å². The minimum absolute atomic E-state index is 1.08. The lowest BCUT2D eigenvalue weighted by molar-refractivity contribution is 1.51. The van der Waals surface area contributed by atoms with Gasteiger partial charge in [-0.15, -0.1) is 0 Å². The molecule has 0 N–H and O–H groups in total. The van der Waals surface area contributed by atoms with Crippen molar-refractivity contribution >= 4 is 6.08 Å². The van der Waals surface area contributed by atoms with Crippen LogP contribution in [0.4, 0.5) is 0 Å². The van der Waals surface area contributed by atoms with Gasteiger partial charge in [0.05, 0.1) is 6.07 Å². The first kappa shape index (κ1) is 14.7. The number of benzene rings is 1. The van der Waals surface area contributed by atoms with E-state index in [1.54, 1.807) is 18.2 Å². The van der Waals surface area contributed by atoms with Gasteiger partial charge in [0.2, 0.25) is 0 Å². The van der Waals surface area contributed by atoms with Gasteiger partial charge in [-0.3, -0.25) is 0 Å². The minimum atomic E-state index is 1.08. The van der Waals surface area contributed by atoms with Crippen LogP contribution in [-0.4, -0.2) is 0 Å². The van der Waals surface area contributed by atoms with E-state index in [0.29, 0.717) is 0 Å². The first-order chi connectivity index (χ1) is 8.24. The van der Waals surface area contributed by atoms with Crippen molar-refractivity contribution in [3.05, 3.63) is 78.9 Å². The fourth-order valence-corrected chi connectivity index (χ4v) is 1.03. The molecular formula is C16H17N. The van der Waals surface area contributed by atoms with E-state index in [9.17, 15) is 0 Å². The summed E-state index contributed by atoms with van der Waals surface area (Å²) in [6, 6.07) is 12.0. The van der Waals surface area contributed by atoms with Gasteiger partial charge in [-0.1, -0.05) is 61.7 Å². The molecule has 0 saturated heterocycles. The third-order valence-electron chi connectivity index (χ3n) is 1.78. The summed E-state index contributed by atoms with van der Waals surface area (Å²) in [4.78, 5) is 0. The molecule has 0 bridgehead atoms. The van der Waals surface area contributed by atoms with Gasteiger partial charge in [0.15, 0.2) is 0 Å². The SMILES string of the molecule is C=CC=C.CC(C=CC#N)=Cc1ccccc1. The zero-order valence-corrected chi connectivity index (χ0v) is 10.1. The lowest BCUT2D eigenvalue weighted by Gasteiger charge is -1.93. The van der Waals surface area contributed by atoms with E-state index >= 15 is 0 Å². The van der Waals surface area contributed by atoms with E-state index in [4.69, 9.17) is 5.26 Å². The summed E-state index contributed by atoms with van der Waals surface area (Å²) in [5.74, 6) is 0. The lowest BCUT2D eigenvalue weighted by Crippen LogP contribution is -1.71. The molecule has 0 atom stereocenters. The number of nitrogens with zero attached hydrogens (tertiary/aromatic N) is 1. The lowest BCUT2D eigenvalue weighted by atomic mass is 10.1. The number of hydrogen-bond acceptors (Lipinski definition) is 1. The summed E-state index contributed by atoms with van der Waals surface area (Å²) in [6.45, 7) is 8.70. The van der Waals surface area contributed by atoms with Gasteiger partial charge in [-0.2, -0.15) is 5.26 Å². The maximum absolute atomic E-state index is 8.32. The molecule has 17 heavy (non-hydrogen) atoms. The topological polar surface area (TPSA) is 23.8 Å². The van der Waals surface area contributed by atoms with Crippen LogP contribution in [0.2, 0.25) is 0 Å². The van der Waals surface area contributed by atoms with Crippen molar-refractivity contribution in [2.24, 2.45) is 0 Å². The van der Waals surface area contributed by atoms with Crippen molar-refractivity contribution in [2.45, 2.75) is 6.92 Å². The molecule has 1 rings (SSSR count). The number of rotatable bonds is 3. The monoisotopic (exact) mass is 223 g/mol. The molecule has 0 heterocycles. The Morgan fingerprint density at radius 2 is 1.76 bits per heavy atom. The third-order valence-corrected chi connectivity index (χ3v) is 1.78. The molecular weight excluding hydrogens is 206 g/mol. The third kappa shape index (κ3) is 8.65. The molecule has 0 spiro atoms. The highest BCUT2D eigenvalue weighted by atomic mass is 14.2. The minimum Gasteiger partial charge on any atom is -0.193 e. The predicted molar refractivity (Wildman–Crippen MR) is 75.2 cm³/mol. The first-order valence-corrected chi connectivity index (χ1v) is 5.27. The van der Waals surface area contributed by atoms with E-state index in [1.807, 2.05) is 49.4 Å². The molecule has 0 radical (unpaired) electrons. The van der Waals surface area contributed by atoms with Crippen molar-refractivity contribution in [3.63, 3.8) is 0 Å². The average molecular weight is 223 g/mol. The van der Waals surface area contributed by atoms with Crippen LogP contribution in [0.25, 0.3) is 6.08 Å². The van der Waals surface area contributed by atoms with Crippen LogP contribution in [0, 0.1) is 11.3 Å². The molecule has 0 unspecified atom stereocenters. The number of nitriles is 1. The highest BCUT2D eigenvalue weighted by molar-refractivity contribution is 5.55. The second-order valence-electron chi connectivity index (χ2n) is 3.23. The van der Waals surface area contributed by atoms with E-state index in [2.05, 4.69) is 13.2 Å². The summed E-state index contributed by atoms with van der Waals surface area (Å²) in [5, 5.41) is 8.32. The smallest absolute Gasteiger partial charge is 0.0912 e. The van der Waals surface area contributed by atoms with Crippen LogP contribution in [-0.2, 0) is 0 Å². The van der Waals surface area contributed by atoms with Crippen LogP contribution in [0.15, 0.2) is 73.4 Å². The quantitative estimate of drug-likeness (QED) is 0.545. The molecule has 1 aromatic carbocycles. The molecule has 0 aliphatic heterocycles. The van der Waals surface area contributed by atoms with E-state index < -0.39 is 0 Å². The van der Waals surface area contributed by atoms with Crippen molar-refractivity contribution in [1.29, 1.82) is 5.26 Å². The van der Waals surface area contributed by atoms with Crippen LogP contribution >= 0.6 is 0 Å². The van der Waals surface area contributed by atoms with Gasteiger partial charge in [0, 0.05) is 6.08 Å². The maximum Gasteiger partial charge on any atom is 0.0912 e. The summed E-state index contributed by atoms with van der Waals surface area (Å²) in [5.41, 5.74) is 2.23. The van der Waals surface area contributed by atoms with Crippen LogP contribution in [0.5, 0.6) is 0 Å². The van der Waals surface area contributed by atoms with Crippen molar-refractivity contribution in [3.8, 4) is 6.07 Å². The molecule has 0 aromatic heterocycles. The molecule has 0 amide bonds. The van der Waals surface area contributed by atoms with Crippen molar-refractivity contribution < 1.29 is 0 Å². The Bertz CT molecular complexity index is 424. The van der Waals surface area contributed by atoms with Gasteiger partial charge >= 0.3 is 0 Å². The Kier molecular flexibility index (Phi) is 8.80. The Morgan fingerprint density at radius 1 is 1.18 bits per heavy atom. The van der Waals surface area contributed by atoms with Crippen LogP contribution in [0.1, 0.15) is 12.5 Å². The Labute approximate surface area is 104 Å². The summed E-state index contributed by atoms with van der Waals surface area (Å²) in [6.07, 6.45) is 8.59. The Balaban J connectivity index is 0.000000557. The fraction of sp³-hybridized carbons (Fsp3) is 0.0625. The molecule has 1 aromatic rings. The van der Waals surface area contributed by atoms with Gasteiger partial charge in [0.25, 0.3) is 0 Å². The second kappa shape index (κ2) is 10.2. The van der Waals surface area contributed by atoms with Crippen molar-refractivity contribution in [2.75, 3.05) is 0 Å². The van der Waals surface area contributed by atoms with Gasteiger partial charge < -0.3 is 0 Å². The fourth-order valence-electron chi connectivity index (χ4n) is 1.03. The Hall–Kier alpha value is -2.33. The first-order valence-electron chi connectivity index (χ1n) is 5.27. The maximum atomic E-state index is 8.32. The zero-order valence-electron chi connectivity index (χ0n) is 10.1. The summed E-state index contributed by atoms with van der Waals surface area (Å²) < 4.78 is 0. The molecule has 1 heteroatoms. The summed E-state index contributed by atoms with van der Waals surface area (Å²) in [7, 11) is 0. The molecule has 0 fully saturated rings. The molecule has 86 valence electrons. The van der Waals surface area contributed by atoms with E-state index in [-0.39, 0.29) is 0 Å². The average Bonchev–Trinajstić information content (AvgIpc) is 2.38. The number of allylic oxidation sites excluding steroid dienone is 5. The highest BCUT2D eigenvalue weighted by Gasteiger charge is 1.85. The summed E-state index contributed by atoms with van der Waals surface area (Å²) >= 11 is 0. The number of hydrogen-bond donors (Lipinski definition) is 0. The highest BCUT2D eigenvalue weighted by Crippen LogP contribution is 2.06. The van der Waals surface area contributed by atoms with Gasteiger partial charge in [-0.25, -0.2) is 0 Å². The Morgan fingerprint density at radius 3 is 2.24 bits per heavy atom. The van der Waals surface area contributed by atoms with Crippen LogP contribution in [0.3, 0.4) is 0 Å². The predicted octanol–water partition coefficient (Wildman–Crippen LogP) is 4.53. The van der Waals surface area contributed by atoms with Gasteiger partial charge in [-0.05, 0) is 24.1 Å². The zero-order chi connectivity index (χ0) is 12.9. The molecule has 0 aliphatic rings. The largest absolute Gasteiger partial charge is 0.193 e. The standard InChI is InChI=1S/C12H11N.C4H6/c1-11(6-5-9-13)10-12-7-3-2-4-8-12;1-3-4-2/h2-8,10H,1H3;3-4H,1-2H2. The van der Waals surface area contributed by atoms with Gasteiger partial charge in [0.1, 0.15) is 0 Å². The van der Waals surface area contributed by atoms with E-state index in [1.165, 1.54) is 6.08 Å². The van der Waals surface area contributed by atoms with Crippen molar-refractivity contribution in [1.82, 2.24) is 0 Å². The molecule has 0 saturated carbocycles. The second-order valence-corrected chi connectivity index (χ2v) is 3.23.